The Morgan fingerprint density at radius 2 is 2.23 bits per heavy atom. The molecule has 0 aliphatic carbocycles. The molecule has 3 N–H and O–H groups in total. The lowest BCUT2D eigenvalue weighted by Crippen LogP contribution is -2.49. The number of rotatable bonds is 9. The number of piperidine rings is 1. The van der Waals surface area contributed by atoms with E-state index in [1.54, 1.807) is 13.2 Å². The minimum Gasteiger partial charge on any atom is -0.386 e. The highest BCUT2D eigenvalue weighted by Crippen LogP contribution is 2.26. The molecular formula is C18H31ClN4O2S. The molecule has 0 saturated carbocycles. The van der Waals surface area contributed by atoms with Crippen molar-refractivity contribution in [3.05, 3.63) is 21.3 Å². The topological polar surface area (TPSA) is 69.1 Å². The molecule has 1 atom stereocenters. The van der Waals surface area contributed by atoms with Crippen LogP contribution in [0.25, 0.3) is 0 Å². The molecular weight excluding hydrogens is 372 g/mol. The smallest absolute Gasteiger partial charge is 0.191 e. The first-order valence-corrected chi connectivity index (χ1v) is 10.5. The normalized spacial score (nSPS) is 18.1. The molecule has 1 unspecified atom stereocenters. The quantitative estimate of drug-likeness (QED) is 0.336. The summed E-state index contributed by atoms with van der Waals surface area (Å²) >= 11 is 7.33. The van der Waals surface area contributed by atoms with E-state index in [1.807, 2.05) is 13.0 Å². The van der Waals surface area contributed by atoms with Gasteiger partial charge in [0.25, 0.3) is 0 Å². The highest BCUT2D eigenvalue weighted by Gasteiger charge is 2.20. The molecule has 6 nitrogen and oxygen atoms in total. The van der Waals surface area contributed by atoms with Crippen LogP contribution in [0.4, 0.5) is 0 Å². The summed E-state index contributed by atoms with van der Waals surface area (Å²) in [5.41, 5.74) is 0. The highest BCUT2D eigenvalue weighted by molar-refractivity contribution is 7.16. The van der Waals surface area contributed by atoms with Gasteiger partial charge >= 0.3 is 0 Å². The third kappa shape index (κ3) is 7.40. The molecule has 2 rings (SSSR count). The van der Waals surface area contributed by atoms with Gasteiger partial charge in [-0.1, -0.05) is 11.6 Å². The summed E-state index contributed by atoms with van der Waals surface area (Å²) in [5, 5.41) is 17.0. The zero-order chi connectivity index (χ0) is 18.8. The van der Waals surface area contributed by atoms with Crippen molar-refractivity contribution in [2.45, 2.75) is 38.3 Å². The van der Waals surface area contributed by atoms with Gasteiger partial charge in [0.15, 0.2) is 5.96 Å². The van der Waals surface area contributed by atoms with Crippen molar-refractivity contribution in [3.8, 4) is 0 Å². The number of likely N-dealkylation sites (tertiary alicyclic amines) is 1. The first-order chi connectivity index (χ1) is 12.6. The number of nitrogens with zero attached hydrogens (tertiary/aromatic N) is 2. The number of halogens is 1. The highest BCUT2D eigenvalue weighted by atomic mass is 35.5. The van der Waals surface area contributed by atoms with Gasteiger partial charge in [-0.15, -0.1) is 11.3 Å². The van der Waals surface area contributed by atoms with Crippen molar-refractivity contribution in [2.24, 2.45) is 4.99 Å². The van der Waals surface area contributed by atoms with E-state index in [2.05, 4.69) is 20.5 Å². The molecule has 0 aromatic carbocycles. The molecule has 1 aromatic rings. The van der Waals surface area contributed by atoms with Crippen LogP contribution >= 0.6 is 22.9 Å². The molecule has 1 aliphatic rings. The van der Waals surface area contributed by atoms with Crippen LogP contribution in [0.2, 0.25) is 4.34 Å². The van der Waals surface area contributed by atoms with Gasteiger partial charge in [-0.05, 0) is 38.3 Å². The zero-order valence-electron chi connectivity index (χ0n) is 15.7. The van der Waals surface area contributed by atoms with Crippen LogP contribution < -0.4 is 10.6 Å². The average Bonchev–Trinajstić information content (AvgIpc) is 3.08. The molecule has 0 amide bonds. The monoisotopic (exact) mass is 402 g/mol. The molecule has 1 fully saturated rings. The van der Waals surface area contributed by atoms with Gasteiger partial charge in [-0.3, -0.25) is 4.99 Å². The van der Waals surface area contributed by atoms with E-state index in [1.165, 1.54) is 11.3 Å². The van der Waals surface area contributed by atoms with Crippen molar-refractivity contribution in [1.29, 1.82) is 0 Å². The number of guanidine groups is 1. The minimum atomic E-state index is -0.620. The predicted octanol–water partition coefficient (Wildman–Crippen LogP) is 2.49. The second-order valence-electron chi connectivity index (χ2n) is 6.48. The summed E-state index contributed by atoms with van der Waals surface area (Å²) in [7, 11) is 1.75. The van der Waals surface area contributed by atoms with E-state index >= 15 is 0 Å². The Kier molecular flexibility index (Phi) is 9.71. The Morgan fingerprint density at radius 3 is 2.85 bits per heavy atom. The van der Waals surface area contributed by atoms with Gasteiger partial charge in [0.05, 0.1) is 10.9 Å². The van der Waals surface area contributed by atoms with E-state index in [4.69, 9.17) is 16.3 Å². The number of aliphatic hydroxyl groups excluding tert-OH is 1. The number of aliphatic imine (C=N–C) groups is 1. The van der Waals surface area contributed by atoms with Crippen LogP contribution in [-0.2, 0) is 4.74 Å². The summed E-state index contributed by atoms with van der Waals surface area (Å²) in [6.07, 6.45) is 2.66. The Morgan fingerprint density at radius 1 is 1.46 bits per heavy atom. The van der Waals surface area contributed by atoms with Gasteiger partial charge in [0.2, 0.25) is 0 Å². The molecule has 1 aromatic heterocycles. The van der Waals surface area contributed by atoms with Crippen molar-refractivity contribution in [3.63, 3.8) is 0 Å². The van der Waals surface area contributed by atoms with E-state index in [0.717, 1.165) is 62.9 Å². The summed E-state index contributed by atoms with van der Waals surface area (Å²) in [6.45, 7) is 7.28. The van der Waals surface area contributed by atoms with Gasteiger partial charge in [-0.2, -0.15) is 0 Å². The van der Waals surface area contributed by atoms with E-state index in [-0.39, 0.29) is 0 Å². The van der Waals surface area contributed by atoms with Gasteiger partial charge in [0, 0.05) is 50.8 Å². The van der Waals surface area contributed by atoms with Gasteiger partial charge < -0.3 is 25.4 Å². The van der Waals surface area contributed by atoms with Crippen molar-refractivity contribution in [1.82, 2.24) is 15.5 Å². The summed E-state index contributed by atoms with van der Waals surface area (Å²) in [5.74, 6) is 0.770. The molecule has 26 heavy (non-hydrogen) atoms. The number of hydrogen-bond acceptors (Lipinski definition) is 5. The number of methoxy groups -OCH3 is 1. The molecule has 148 valence electrons. The first kappa shape index (κ1) is 21.4. The maximum absolute atomic E-state index is 10.3. The lowest BCUT2D eigenvalue weighted by molar-refractivity contribution is 0.155. The maximum atomic E-state index is 10.3. The SMILES string of the molecule is CCNC(=NCC(O)c1ccc(Cl)s1)NC1CCN(CCCOC)CC1. The van der Waals surface area contributed by atoms with E-state index < -0.39 is 6.10 Å². The fraction of sp³-hybridized carbons (Fsp3) is 0.722. The Hall–Kier alpha value is -0.860. The molecule has 0 bridgehead atoms. The van der Waals surface area contributed by atoms with Crippen LogP contribution in [0.15, 0.2) is 17.1 Å². The first-order valence-electron chi connectivity index (χ1n) is 9.31. The molecule has 8 heteroatoms. The maximum Gasteiger partial charge on any atom is 0.191 e. The molecule has 0 radical (unpaired) electrons. The number of ether oxygens (including phenoxy) is 1. The van der Waals surface area contributed by atoms with Gasteiger partial charge in [0.1, 0.15) is 6.10 Å². The van der Waals surface area contributed by atoms with Crippen LogP contribution in [-0.4, -0.2) is 68.4 Å². The number of nitrogens with one attached hydrogen (secondary N) is 2. The Balaban J connectivity index is 1.78. The summed E-state index contributed by atoms with van der Waals surface area (Å²) in [4.78, 5) is 7.89. The van der Waals surface area contributed by atoms with Crippen LogP contribution in [0, 0.1) is 0 Å². The molecule has 2 heterocycles. The van der Waals surface area contributed by atoms with Crippen LogP contribution in [0.3, 0.4) is 0 Å². The average molecular weight is 403 g/mol. The largest absolute Gasteiger partial charge is 0.386 e. The number of aliphatic hydroxyl groups is 1. The summed E-state index contributed by atoms with van der Waals surface area (Å²) in [6, 6.07) is 4.07. The lowest BCUT2D eigenvalue weighted by Gasteiger charge is -2.33. The second kappa shape index (κ2) is 11.8. The number of hydrogen-bond donors (Lipinski definition) is 3. The fourth-order valence-corrected chi connectivity index (χ4v) is 4.06. The third-order valence-electron chi connectivity index (χ3n) is 4.44. The zero-order valence-corrected chi connectivity index (χ0v) is 17.3. The minimum absolute atomic E-state index is 0.321. The van der Waals surface area contributed by atoms with Crippen molar-refractivity contribution in [2.75, 3.05) is 46.4 Å². The Labute approximate surface area is 165 Å². The summed E-state index contributed by atoms with van der Waals surface area (Å²) < 4.78 is 5.81. The fourth-order valence-electron chi connectivity index (χ4n) is 3.02. The van der Waals surface area contributed by atoms with Crippen molar-refractivity contribution >= 4 is 28.9 Å². The molecule has 1 aliphatic heterocycles. The standard InChI is InChI=1S/C18H31ClN4O2S/c1-3-20-18(21-13-15(24)16-5-6-17(19)26-16)22-14-7-10-23(11-8-14)9-4-12-25-2/h5-6,14-15,24H,3-4,7-13H2,1-2H3,(H2,20,21,22). The molecule has 0 spiro atoms. The van der Waals surface area contributed by atoms with Crippen LogP contribution in [0.5, 0.6) is 0 Å². The van der Waals surface area contributed by atoms with E-state index in [9.17, 15) is 5.11 Å². The van der Waals surface area contributed by atoms with Crippen LogP contribution in [0.1, 0.15) is 37.2 Å². The molecule has 1 saturated heterocycles. The van der Waals surface area contributed by atoms with Crippen molar-refractivity contribution < 1.29 is 9.84 Å². The number of thiophene rings is 1. The lowest BCUT2D eigenvalue weighted by atomic mass is 10.1. The Bertz CT molecular complexity index is 547. The van der Waals surface area contributed by atoms with E-state index in [0.29, 0.717) is 16.9 Å². The predicted molar refractivity (Wildman–Crippen MR) is 109 cm³/mol. The second-order valence-corrected chi connectivity index (χ2v) is 8.23. The third-order valence-corrected chi connectivity index (χ3v) is 5.77. The van der Waals surface area contributed by atoms with Gasteiger partial charge in [-0.25, -0.2) is 0 Å².